The number of aryl methyl sites for hydroxylation is 1. The molecule has 3 rings (SSSR count). The zero-order valence-electron chi connectivity index (χ0n) is 12.8. The second kappa shape index (κ2) is 5.71. The monoisotopic (exact) mass is 308 g/mol. The summed E-state index contributed by atoms with van der Waals surface area (Å²) < 4.78 is 28.9. The first kappa shape index (κ1) is 15.0. The van der Waals surface area contributed by atoms with Crippen LogP contribution in [0, 0.1) is 5.92 Å². The third-order valence-corrected chi connectivity index (χ3v) is 6.97. The highest BCUT2D eigenvalue weighted by Crippen LogP contribution is 2.37. The minimum atomic E-state index is -3.34. The van der Waals surface area contributed by atoms with Gasteiger partial charge in [-0.3, -0.25) is 0 Å². The van der Waals surface area contributed by atoms with Gasteiger partial charge in [0.25, 0.3) is 10.2 Å². The Labute approximate surface area is 127 Å². The van der Waals surface area contributed by atoms with E-state index in [1.807, 2.05) is 12.1 Å². The molecule has 1 fully saturated rings. The lowest BCUT2D eigenvalue weighted by molar-refractivity contribution is 0.257. The molecule has 1 atom stereocenters. The Balaban J connectivity index is 1.80. The molecule has 0 radical (unpaired) electrons. The van der Waals surface area contributed by atoms with Crippen molar-refractivity contribution in [3.05, 3.63) is 35.4 Å². The van der Waals surface area contributed by atoms with Crippen molar-refractivity contribution in [2.45, 2.75) is 38.6 Å². The summed E-state index contributed by atoms with van der Waals surface area (Å²) in [5.74, 6) is 0.633. The highest BCUT2D eigenvalue weighted by Gasteiger charge is 2.36. The summed E-state index contributed by atoms with van der Waals surface area (Å²) in [4.78, 5) is 0. The first-order valence-electron chi connectivity index (χ1n) is 7.81. The molecule has 0 unspecified atom stereocenters. The summed E-state index contributed by atoms with van der Waals surface area (Å²) >= 11 is 0. The van der Waals surface area contributed by atoms with Crippen LogP contribution in [-0.2, 0) is 16.6 Å². The van der Waals surface area contributed by atoms with E-state index >= 15 is 0 Å². The van der Waals surface area contributed by atoms with Gasteiger partial charge in [-0.1, -0.05) is 31.2 Å². The van der Waals surface area contributed by atoms with Crippen molar-refractivity contribution in [3.63, 3.8) is 0 Å². The molecular weight excluding hydrogens is 284 g/mol. The van der Waals surface area contributed by atoms with E-state index in [2.05, 4.69) is 19.1 Å². The van der Waals surface area contributed by atoms with Gasteiger partial charge in [-0.15, -0.1) is 0 Å². The summed E-state index contributed by atoms with van der Waals surface area (Å²) in [6.45, 7) is 3.51. The summed E-state index contributed by atoms with van der Waals surface area (Å²) in [6, 6.07) is 8.20. The largest absolute Gasteiger partial charge is 0.282 e. The van der Waals surface area contributed by atoms with Crippen LogP contribution in [0.2, 0.25) is 0 Å². The number of hydrogen-bond donors (Lipinski definition) is 0. The van der Waals surface area contributed by atoms with E-state index in [1.54, 1.807) is 15.7 Å². The van der Waals surface area contributed by atoms with Crippen LogP contribution in [0.5, 0.6) is 0 Å². The van der Waals surface area contributed by atoms with Gasteiger partial charge in [0.2, 0.25) is 0 Å². The topological polar surface area (TPSA) is 40.6 Å². The van der Waals surface area contributed by atoms with Gasteiger partial charge in [-0.05, 0) is 42.7 Å². The number of benzene rings is 1. The number of nitrogens with zero attached hydrogens (tertiary/aromatic N) is 2. The molecule has 21 heavy (non-hydrogen) atoms. The summed E-state index contributed by atoms with van der Waals surface area (Å²) in [5, 5.41) is 0. The number of hydrogen-bond acceptors (Lipinski definition) is 2. The predicted molar refractivity (Wildman–Crippen MR) is 84.2 cm³/mol. The van der Waals surface area contributed by atoms with Crippen LogP contribution in [0.25, 0.3) is 0 Å². The molecule has 1 saturated heterocycles. The van der Waals surface area contributed by atoms with Gasteiger partial charge in [-0.25, -0.2) is 0 Å². The lowest BCUT2D eigenvalue weighted by Gasteiger charge is -2.35. The van der Waals surface area contributed by atoms with Crippen LogP contribution in [0.4, 0.5) is 0 Å². The van der Waals surface area contributed by atoms with Crippen molar-refractivity contribution in [1.29, 1.82) is 0 Å². The van der Waals surface area contributed by atoms with Crippen LogP contribution >= 0.6 is 0 Å². The van der Waals surface area contributed by atoms with Gasteiger partial charge in [0.1, 0.15) is 0 Å². The molecule has 0 bridgehead atoms. The highest BCUT2D eigenvalue weighted by molar-refractivity contribution is 7.86. The van der Waals surface area contributed by atoms with Crippen LogP contribution in [0.1, 0.15) is 43.4 Å². The second-order valence-corrected chi connectivity index (χ2v) is 8.35. The maximum Gasteiger partial charge on any atom is 0.282 e. The molecule has 0 amide bonds. The lowest BCUT2D eigenvalue weighted by atomic mass is 10.0. The van der Waals surface area contributed by atoms with Crippen molar-refractivity contribution in [2.24, 2.45) is 5.92 Å². The minimum absolute atomic E-state index is 0.00875. The highest BCUT2D eigenvalue weighted by atomic mass is 32.2. The smallest absolute Gasteiger partial charge is 0.195 e. The normalized spacial score (nSPS) is 24.4. The van der Waals surface area contributed by atoms with Gasteiger partial charge in [-0.2, -0.15) is 17.0 Å². The summed E-state index contributed by atoms with van der Waals surface area (Å²) in [5.41, 5.74) is 2.46. The average Bonchev–Trinajstić information content (AvgIpc) is 2.90. The number of rotatable bonds is 3. The van der Waals surface area contributed by atoms with Crippen LogP contribution in [-0.4, -0.2) is 37.2 Å². The molecule has 116 valence electrons. The summed E-state index contributed by atoms with van der Waals surface area (Å²) in [6.07, 6.45) is 3.79. The van der Waals surface area contributed by atoms with E-state index < -0.39 is 10.2 Å². The van der Waals surface area contributed by atoms with E-state index in [1.165, 1.54) is 11.1 Å². The van der Waals surface area contributed by atoms with E-state index in [0.29, 0.717) is 19.0 Å². The van der Waals surface area contributed by atoms with Crippen LogP contribution in [0.3, 0.4) is 0 Å². The molecule has 2 aliphatic rings. The molecule has 0 aromatic heterocycles. The Bertz CT molecular complexity index is 606. The van der Waals surface area contributed by atoms with Gasteiger partial charge in [0.15, 0.2) is 0 Å². The Morgan fingerprint density at radius 2 is 1.81 bits per heavy atom. The Hall–Kier alpha value is -0.910. The summed E-state index contributed by atoms with van der Waals surface area (Å²) in [7, 11) is -1.61. The average molecular weight is 308 g/mol. The molecule has 0 saturated carbocycles. The predicted octanol–water partition coefficient (Wildman–Crippen LogP) is 2.58. The van der Waals surface area contributed by atoms with Crippen molar-refractivity contribution >= 4 is 10.2 Å². The third-order valence-electron chi connectivity index (χ3n) is 4.97. The molecule has 1 aliphatic heterocycles. The van der Waals surface area contributed by atoms with Crippen molar-refractivity contribution < 1.29 is 8.42 Å². The maximum absolute atomic E-state index is 12.8. The molecule has 1 aromatic rings. The zero-order valence-corrected chi connectivity index (χ0v) is 13.6. The number of fused-ring (bicyclic) bond motifs is 1. The molecule has 0 spiro atoms. The first-order valence-corrected chi connectivity index (χ1v) is 9.20. The van der Waals surface area contributed by atoms with Gasteiger partial charge in [0, 0.05) is 20.1 Å². The fraction of sp³-hybridized carbons (Fsp3) is 0.625. The van der Waals surface area contributed by atoms with E-state index in [-0.39, 0.29) is 6.04 Å². The Morgan fingerprint density at radius 1 is 1.14 bits per heavy atom. The van der Waals surface area contributed by atoms with E-state index in [9.17, 15) is 8.42 Å². The van der Waals surface area contributed by atoms with Crippen LogP contribution in [0.15, 0.2) is 24.3 Å². The van der Waals surface area contributed by atoms with Crippen LogP contribution < -0.4 is 0 Å². The second-order valence-electron chi connectivity index (χ2n) is 6.36. The van der Waals surface area contributed by atoms with Gasteiger partial charge in [0.05, 0.1) is 6.04 Å². The standard InChI is InChI=1S/C16H24N2O2S/c1-13-9-11-18(12-10-13)21(19,20)17(2)16-8-7-14-5-3-4-6-15(14)16/h3-6,13,16H,7-12H2,1-2H3/t16-/m0/s1. The van der Waals surface area contributed by atoms with Crippen molar-refractivity contribution in [1.82, 2.24) is 8.61 Å². The fourth-order valence-electron chi connectivity index (χ4n) is 3.47. The molecule has 0 N–H and O–H groups in total. The SMILES string of the molecule is CC1CCN(S(=O)(=O)N(C)[C@H]2CCc3ccccc32)CC1. The van der Waals surface area contributed by atoms with Crippen molar-refractivity contribution in [3.8, 4) is 0 Å². The maximum atomic E-state index is 12.8. The molecule has 4 nitrogen and oxygen atoms in total. The third kappa shape index (κ3) is 2.74. The van der Waals surface area contributed by atoms with E-state index in [4.69, 9.17) is 0 Å². The van der Waals surface area contributed by atoms with E-state index in [0.717, 1.165) is 25.7 Å². The quantitative estimate of drug-likeness (QED) is 0.861. The Kier molecular flexibility index (Phi) is 4.08. The molecular formula is C16H24N2O2S. The lowest BCUT2D eigenvalue weighted by Crippen LogP contribution is -2.46. The molecule has 1 aliphatic carbocycles. The fourth-order valence-corrected chi connectivity index (χ4v) is 5.05. The zero-order chi connectivity index (χ0) is 15.0. The van der Waals surface area contributed by atoms with Crippen molar-refractivity contribution in [2.75, 3.05) is 20.1 Å². The van der Waals surface area contributed by atoms with Gasteiger partial charge >= 0.3 is 0 Å². The molecule has 1 aromatic carbocycles. The van der Waals surface area contributed by atoms with Gasteiger partial charge < -0.3 is 0 Å². The molecule has 5 heteroatoms. The minimum Gasteiger partial charge on any atom is -0.195 e. The number of piperidine rings is 1. The first-order chi connectivity index (χ1) is 10.00. The Morgan fingerprint density at radius 3 is 2.52 bits per heavy atom. The molecule has 1 heterocycles.